The monoisotopic (exact) mass is 332 g/mol. The highest BCUT2D eigenvalue weighted by atomic mass is 35.5. The first kappa shape index (κ1) is 18.2. The first-order chi connectivity index (χ1) is 10.1. The molecule has 0 heterocycles. The number of halogens is 2. The summed E-state index contributed by atoms with van der Waals surface area (Å²) in [6.07, 6.45) is 0.457. The van der Waals surface area contributed by atoms with E-state index in [9.17, 15) is 4.79 Å². The van der Waals surface area contributed by atoms with E-state index in [4.69, 9.17) is 28.9 Å². The van der Waals surface area contributed by atoms with Crippen LogP contribution in [0, 0.1) is 0 Å². The van der Waals surface area contributed by atoms with E-state index in [1.165, 1.54) is 7.11 Å². The summed E-state index contributed by atoms with van der Waals surface area (Å²) in [6, 6.07) is 7.29. The second-order valence-electron chi connectivity index (χ2n) is 4.76. The fourth-order valence-corrected chi connectivity index (χ4v) is 2.61. The predicted octanol–water partition coefficient (Wildman–Crippen LogP) is 2.01. The summed E-state index contributed by atoms with van der Waals surface area (Å²) in [5.74, 6) is 0.713. The van der Waals surface area contributed by atoms with Crippen LogP contribution >= 0.6 is 23.2 Å². The zero-order chi connectivity index (χ0) is 15.7. The lowest BCUT2D eigenvalue weighted by atomic mass is 10.00. The Kier molecular flexibility index (Phi) is 8.69. The number of hydrogen-bond donors (Lipinski definition) is 1. The van der Waals surface area contributed by atoms with Crippen molar-refractivity contribution in [1.29, 1.82) is 0 Å². The Balaban J connectivity index is 2.80. The summed E-state index contributed by atoms with van der Waals surface area (Å²) in [6.45, 7) is 2.28. The van der Waals surface area contributed by atoms with E-state index in [0.717, 1.165) is 30.8 Å². The lowest BCUT2D eigenvalue weighted by Gasteiger charge is -2.22. The van der Waals surface area contributed by atoms with Crippen LogP contribution < -0.4 is 5.73 Å². The molecule has 2 N–H and O–H groups in total. The first-order valence-electron chi connectivity index (χ1n) is 6.86. The maximum absolute atomic E-state index is 11.5. The second-order valence-corrected chi connectivity index (χ2v) is 5.51. The fraction of sp³-hybridized carbons (Fsp3) is 0.533. The van der Waals surface area contributed by atoms with Crippen LogP contribution in [0.1, 0.15) is 11.1 Å². The van der Waals surface area contributed by atoms with Crippen molar-refractivity contribution in [2.45, 2.75) is 19.0 Å². The Labute approximate surface area is 136 Å². The normalized spacial score (nSPS) is 12.4. The van der Waals surface area contributed by atoms with Crippen molar-refractivity contribution in [3.8, 4) is 0 Å². The largest absolute Gasteiger partial charge is 0.468 e. The van der Waals surface area contributed by atoms with Crippen LogP contribution in [-0.2, 0) is 22.5 Å². The number of alkyl halides is 2. The van der Waals surface area contributed by atoms with Gasteiger partial charge in [0.15, 0.2) is 0 Å². The van der Waals surface area contributed by atoms with E-state index in [1.807, 2.05) is 24.3 Å². The SMILES string of the molecule is COC(=O)C(N)Cc1ccccc1CN(CCCl)CCCl. The number of hydrogen-bond acceptors (Lipinski definition) is 4. The summed E-state index contributed by atoms with van der Waals surface area (Å²) in [4.78, 5) is 13.6. The molecule has 0 spiro atoms. The van der Waals surface area contributed by atoms with Gasteiger partial charge in [-0.1, -0.05) is 24.3 Å². The van der Waals surface area contributed by atoms with Gasteiger partial charge in [-0.05, 0) is 17.5 Å². The minimum Gasteiger partial charge on any atom is -0.468 e. The van der Waals surface area contributed by atoms with E-state index in [-0.39, 0.29) is 0 Å². The average Bonchev–Trinajstić information content (AvgIpc) is 2.48. The molecule has 0 amide bonds. The van der Waals surface area contributed by atoms with Crippen molar-refractivity contribution in [3.63, 3.8) is 0 Å². The van der Waals surface area contributed by atoms with Gasteiger partial charge in [0.1, 0.15) is 6.04 Å². The lowest BCUT2D eigenvalue weighted by Crippen LogP contribution is -2.34. The highest BCUT2D eigenvalue weighted by Gasteiger charge is 2.16. The third-order valence-electron chi connectivity index (χ3n) is 3.26. The van der Waals surface area contributed by atoms with E-state index in [2.05, 4.69) is 9.64 Å². The zero-order valence-electron chi connectivity index (χ0n) is 12.2. The standard InChI is InChI=1S/C15H22Cl2N2O2/c1-21-15(20)14(18)10-12-4-2-3-5-13(12)11-19(8-6-16)9-7-17/h2-5,14H,6-11,18H2,1H3. The molecule has 0 bridgehead atoms. The molecule has 1 aromatic rings. The van der Waals surface area contributed by atoms with E-state index in [0.29, 0.717) is 18.2 Å². The molecule has 4 nitrogen and oxygen atoms in total. The predicted molar refractivity (Wildman–Crippen MR) is 86.9 cm³/mol. The molecule has 0 aliphatic rings. The molecule has 118 valence electrons. The van der Waals surface area contributed by atoms with Crippen LogP contribution in [0.25, 0.3) is 0 Å². The molecule has 0 aliphatic heterocycles. The Morgan fingerprint density at radius 1 is 1.24 bits per heavy atom. The molecular weight excluding hydrogens is 311 g/mol. The molecule has 0 saturated carbocycles. The molecule has 1 aromatic carbocycles. The van der Waals surface area contributed by atoms with Crippen LogP contribution in [0.5, 0.6) is 0 Å². The number of benzene rings is 1. The molecule has 21 heavy (non-hydrogen) atoms. The molecule has 0 radical (unpaired) electrons. The first-order valence-corrected chi connectivity index (χ1v) is 7.93. The van der Waals surface area contributed by atoms with Crippen LogP contribution in [0.3, 0.4) is 0 Å². The third kappa shape index (κ3) is 6.22. The number of carbonyl (C=O) groups is 1. The topological polar surface area (TPSA) is 55.6 Å². The van der Waals surface area contributed by atoms with Gasteiger partial charge >= 0.3 is 5.97 Å². The number of esters is 1. The van der Waals surface area contributed by atoms with Crippen LogP contribution in [0.2, 0.25) is 0 Å². The molecular formula is C15H22Cl2N2O2. The molecule has 0 aliphatic carbocycles. The van der Waals surface area contributed by atoms with Gasteiger partial charge in [0.2, 0.25) is 0 Å². The molecule has 1 rings (SSSR count). The zero-order valence-corrected chi connectivity index (χ0v) is 13.7. The second kappa shape index (κ2) is 10.0. The summed E-state index contributed by atoms with van der Waals surface area (Å²) >= 11 is 11.6. The van der Waals surface area contributed by atoms with E-state index >= 15 is 0 Å². The molecule has 1 atom stereocenters. The van der Waals surface area contributed by atoms with Gasteiger partial charge in [-0.3, -0.25) is 9.69 Å². The minimum atomic E-state index is -0.648. The number of methoxy groups -OCH3 is 1. The van der Waals surface area contributed by atoms with Crippen molar-refractivity contribution in [2.75, 3.05) is 32.0 Å². The highest BCUT2D eigenvalue weighted by Crippen LogP contribution is 2.14. The van der Waals surface area contributed by atoms with E-state index in [1.54, 1.807) is 0 Å². The maximum atomic E-state index is 11.5. The molecule has 0 saturated heterocycles. The van der Waals surface area contributed by atoms with Gasteiger partial charge < -0.3 is 10.5 Å². The molecule has 6 heteroatoms. The van der Waals surface area contributed by atoms with Crippen molar-refractivity contribution in [2.24, 2.45) is 5.73 Å². The molecule has 0 aromatic heterocycles. The number of rotatable bonds is 9. The number of nitrogens with two attached hydrogens (primary N) is 1. The van der Waals surface area contributed by atoms with Gasteiger partial charge in [0.05, 0.1) is 7.11 Å². The van der Waals surface area contributed by atoms with Crippen molar-refractivity contribution in [3.05, 3.63) is 35.4 Å². The fourth-order valence-electron chi connectivity index (χ4n) is 2.13. The Morgan fingerprint density at radius 3 is 2.33 bits per heavy atom. The van der Waals surface area contributed by atoms with Gasteiger partial charge in [-0.25, -0.2) is 0 Å². The van der Waals surface area contributed by atoms with Crippen LogP contribution in [-0.4, -0.2) is 48.9 Å². The minimum absolute atomic E-state index is 0.400. The summed E-state index contributed by atoms with van der Waals surface area (Å²) in [7, 11) is 1.34. The summed E-state index contributed by atoms with van der Waals surface area (Å²) in [5.41, 5.74) is 8.02. The van der Waals surface area contributed by atoms with E-state index < -0.39 is 12.0 Å². The smallest absolute Gasteiger partial charge is 0.322 e. The van der Waals surface area contributed by atoms with Gasteiger partial charge in [0.25, 0.3) is 0 Å². The highest BCUT2D eigenvalue weighted by molar-refractivity contribution is 6.18. The Hall–Kier alpha value is -0.810. The molecule has 1 unspecified atom stereocenters. The van der Waals surface area contributed by atoms with Crippen LogP contribution in [0.4, 0.5) is 0 Å². The maximum Gasteiger partial charge on any atom is 0.322 e. The Morgan fingerprint density at radius 2 is 1.81 bits per heavy atom. The van der Waals surface area contributed by atoms with Crippen molar-refractivity contribution >= 4 is 29.2 Å². The van der Waals surface area contributed by atoms with Crippen molar-refractivity contribution in [1.82, 2.24) is 4.90 Å². The number of nitrogens with zero attached hydrogens (tertiary/aromatic N) is 1. The summed E-state index contributed by atoms with van der Waals surface area (Å²) in [5, 5.41) is 0. The van der Waals surface area contributed by atoms with Gasteiger partial charge in [-0.15, -0.1) is 23.2 Å². The van der Waals surface area contributed by atoms with Crippen LogP contribution in [0.15, 0.2) is 24.3 Å². The molecule has 0 fully saturated rings. The average molecular weight is 333 g/mol. The quantitative estimate of drug-likeness (QED) is 0.555. The third-order valence-corrected chi connectivity index (χ3v) is 3.60. The lowest BCUT2D eigenvalue weighted by molar-refractivity contribution is -0.142. The number of carbonyl (C=O) groups excluding carboxylic acids is 1. The Bertz CT molecular complexity index is 437. The van der Waals surface area contributed by atoms with Crippen molar-refractivity contribution < 1.29 is 9.53 Å². The summed E-state index contributed by atoms with van der Waals surface area (Å²) < 4.78 is 4.67. The van der Waals surface area contributed by atoms with Gasteiger partial charge in [0, 0.05) is 31.4 Å². The van der Waals surface area contributed by atoms with Gasteiger partial charge in [-0.2, -0.15) is 0 Å². The number of ether oxygens (including phenoxy) is 1.